The largest absolute Gasteiger partial charge is 0.273 e. The van der Waals surface area contributed by atoms with Crippen LogP contribution in [0.15, 0.2) is 50.4 Å². The molecule has 0 atom stereocenters. The summed E-state index contributed by atoms with van der Waals surface area (Å²) in [6, 6.07) is 12.1. The highest BCUT2D eigenvalue weighted by Crippen LogP contribution is 2.25. The van der Waals surface area contributed by atoms with Crippen LogP contribution in [0.2, 0.25) is 0 Å². The Bertz CT molecular complexity index is 767. The lowest BCUT2D eigenvalue weighted by Gasteiger charge is -2.19. The summed E-state index contributed by atoms with van der Waals surface area (Å²) >= 11 is 7.01. The third kappa shape index (κ3) is 5.79. The van der Waals surface area contributed by atoms with Crippen molar-refractivity contribution in [2.75, 3.05) is 0 Å². The van der Waals surface area contributed by atoms with Gasteiger partial charge in [-0.2, -0.15) is 5.10 Å². The van der Waals surface area contributed by atoms with E-state index >= 15 is 0 Å². The van der Waals surface area contributed by atoms with Crippen LogP contribution in [0.5, 0.6) is 0 Å². The summed E-state index contributed by atoms with van der Waals surface area (Å²) in [7, 11) is 0. The summed E-state index contributed by atoms with van der Waals surface area (Å²) in [5.74, 6) is -0.134. The van der Waals surface area contributed by atoms with Crippen molar-refractivity contribution in [2.45, 2.75) is 39.5 Å². The first-order valence-electron chi connectivity index (χ1n) is 8.04. The molecule has 0 aliphatic rings. The molecule has 2 aromatic carbocycles. The van der Waals surface area contributed by atoms with E-state index in [0.29, 0.717) is 6.42 Å². The van der Waals surface area contributed by atoms with Gasteiger partial charge in [0.25, 0.3) is 0 Å². The minimum atomic E-state index is -0.134. The second-order valence-electron chi connectivity index (χ2n) is 7.03. The molecule has 132 valence electrons. The monoisotopic (exact) mass is 464 g/mol. The zero-order valence-electron chi connectivity index (χ0n) is 14.9. The highest BCUT2D eigenvalue weighted by Gasteiger charge is 2.13. The third-order valence-electron chi connectivity index (χ3n) is 3.89. The maximum atomic E-state index is 12.0. The number of hydrazone groups is 1. The van der Waals surface area contributed by atoms with Crippen molar-refractivity contribution in [1.29, 1.82) is 0 Å². The minimum Gasteiger partial charge on any atom is -0.273 e. The molecule has 0 aliphatic carbocycles. The van der Waals surface area contributed by atoms with Crippen LogP contribution in [0.4, 0.5) is 0 Å². The topological polar surface area (TPSA) is 41.5 Å². The number of rotatable bonds is 4. The molecule has 2 aromatic rings. The van der Waals surface area contributed by atoms with E-state index in [0.717, 1.165) is 25.6 Å². The van der Waals surface area contributed by atoms with Gasteiger partial charge < -0.3 is 0 Å². The van der Waals surface area contributed by atoms with Crippen molar-refractivity contribution in [3.8, 4) is 0 Å². The molecule has 0 saturated heterocycles. The zero-order valence-corrected chi connectivity index (χ0v) is 18.0. The Morgan fingerprint density at radius 3 is 2.20 bits per heavy atom. The Morgan fingerprint density at radius 2 is 1.68 bits per heavy atom. The van der Waals surface area contributed by atoms with E-state index in [1.807, 2.05) is 31.2 Å². The molecular weight excluding hydrogens is 444 g/mol. The highest BCUT2D eigenvalue weighted by atomic mass is 79.9. The van der Waals surface area contributed by atoms with Crippen molar-refractivity contribution in [3.05, 3.63) is 67.6 Å². The van der Waals surface area contributed by atoms with E-state index < -0.39 is 0 Å². The lowest BCUT2D eigenvalue weighted by atomic mass is 9.86. The molecule has 5 heteroatoms. The number of hydrogen-bond acceptors (Lipinski definition) is 2. The molecule has 0 aromatic heterocycles. The van der Waals surface area contributed by atoms with Gasteiger partial charge in [0.05, 0.1) is 12.6 Å². The van der Waals surface area contributed by atoms with E-state index in [1.165, 1.54) is 5.56 Å². The molecule has 0 fully saturated rings. The average molecular weight is 466 g/mol. The number of carbonyl (C=O) groups excluding carboxylic acids is 1. The van der Waals surface area contributed by atoms with Crippen LogP contribution in [0.25, 0.3) is 0 Å². The predicted molar refractivity (Wildman–Crippen MR) is 111 cm³/mol. The predicted octanol–water partition coefficient (Wildman–Crippen LogP) is 5.51. The molecule has 0 saturated carbocycles. The molecule has 0 aliphatic heterocycles. The normalized spacial score (nSPS) is 11.8. The van der Waals surface area contributed by atoms with Gasteiger partial charge in [0.15, 0.2) is 0 Å². The van der Waals surface area contributed by atoms with Crippen LogP contribution in [0.3, 0.4) is 0 Å². The average Bonchev–Trinajstić information content (AvgIpc) is 2.52. The SMILES string of the molecule is Cc1c(Br)cc(/C=N\NC(=O)Cc2ccc(C(C)(C)C)cc2)cc1Br. The Labute approximate surface area is 166 Å². The Hall–Kier alpha value is -1.46. The summed E-state index contributed by atoms with van der Waals surface area (Å²) in [4.78, 5) is 12.0. The van der Waals surface area contributed by atoms with E-state index in [9.17, 15) is 4.79 Å². The number of benzene rings is 2. The number of halogens is 2. The molecule has 1 N–H and O–H groups in total. The fraction of sp³-hybridized carbons (Fsp3) is 0.300. The van der Waals surface area contributed by atoms with Crippen molar-refractivity contribution in [1.82, 2.24) is 5.43 Å². The molecule has 2 rings (SSSR count). The molecule has 0 heterocycles. The lowest BCUT2D eigenvalue weighted by molar-refractivity contribution is -0.120. The zero-order chi connectivity index (χ0) is 18.6. The molecule has 25 heavy (non-hydrogen) atoms. The van der Waals surface area contributed by atoms with Crippen LogP contribution in [-0.4, -0.2) is 12.1 Å². The van der Waals surface area contributed by atoms with Crippen LogP contribution in [0, 0.1) is 6.92 Å². The first kappa shape index (κ1) is 19.9. The number of hydrogen-bond donors (Lipinski definition) is 1. The molecule has 0 unspecified atom stereocenters. The maximum Gasteiger partial charge on any atom is 0.244 e. The van der Waals surface area contributed by atoms with Gasteiger partial charge in [-0.15, -0.1) is 0 Å². The summed E-state index contributed by atoms with van der Waals surface area (Å²) < 4.78 is 1.99. The Kier molecular flexibility index (Phi) is 6.58. The molecule has 3 nitrogen and oxygen atoms in total. The minimum absolute atomic E-state index is 0.113. The number of nitrogens with one attached hydrogen (secondary N) is 1. The first-order chi connectivity index (χ1) is 11.7. The van der Waals surface area contributed by atoms with E-state index in [2.05, 4.69) is 75.3 Å². The first-order valence-corrected chi connectivity index (χ1v) is 9.62. The quantitative estimate of drug-likeness (QED) is 0.469. The van der Waals surface area contributed by atoms with Crippen LogP contribution in [0.1, 0.15) is 43.0 Å². The van der Waals surface area contributed by atoms with Gasteiger partial charge in [-0.1, -0.05) is 76.9 Å². The second-order valence-corrected chi connectivity index (χ2v) is 8.74. The fourth-order valence-electron chi connectivity index (χ4n) is 2.27. The van der Waals surface area contributed by atoms with Crippen LogP contribution < -0.4 is 5.43 Å². The van der Waals surface area contributed by atoms with E-state index in [-0.39, 0.29) is 11.3 Å². The summed E-state index contributed by atoms with van der Waals surface area (Å²) in [6.45, 7) is 8.53. The molecule has 0 radical (unpaired) electrons. The molecule has 1 amide bonds. The van der Waals surface area contributed by atoms with Gasteiger partial charge in [-0.3, -0.25) is 4.79 Å². The van der Waals surface area contributed by atoms with Crippen molar-refractivity contribution in [3.63, 3.8) is 0 Å². The Morgan fingerprint density at radius 1 is 1.12 bits per heavy atom. The highest BCUT2D eigenvalue weighted by molar-refractivity contribution is 9.11. The third-order valence-corrected chi connectivity index (χ3v) is 5.54. The number of nitrogens with zero attached hydrogens (tertiary/aromatic N) is 1. The second kappa shape index (κ2) is 8.28. The van der Waals surface area contributed by atoms with Gasteiger partial charge >= 0.3 is 0 Å². The molecular formula is C20H22Br2N2O. The van der Waals surface area contributed by atoms with Crippen molar-refractivity contribution >= 4 is 44.0 Å². The summed E-state index contributed by atoms with van der Waals surface area (Å²) in [5.41, 5.74) is 6.95. The molecule has 0 spiro atoms. The maximum absolute atomic E-state index is 12.0. The van der Waals surface area contributed by atoms with Crippen LogP contribution >= 0.6 is 31.9 Å². The van der Waals surface area contributed by atoms with Gasteiger partial charge in [-0.25, -0.2) is 5.43 Å². The summed E-state index contributed by atoms with van der Waals surface area (Å²) in [5, 5.41) is 4.04. The smallest absolute Gasteiger partial charge is 0.244 e. The van der Waals surface area contributed by atoms with E-state index in [1.54, 1.807) is 6.21 Å². The molecule has 0 bridgehead atoms. The Balaban J connectivity index is 1.94. The van der Waals surface area contributed by atoms with E-state index in [4.69, 9.17) is 0 Å². The number of amides is 1. The van der Waals surface area contributed by atoms with Gasteiger partial charge in [0.1, 0.15) is 0 Å². The van der Waals surface area contributed by atoms with Gasteiger partial charge in [0, 0.05) is 8.95 Å². The van der Waals surface area contributed by atoms with Crippen molar-refractivity contribution < 1.29 is 4.79 Å². The van der Waals surface area contributed by atoms with Gasteiger partial charge in [0.2, 0.25) is 5.91 Å². The fourth-order valence-corrected chi connectivity index (χ4v) is 3.49. The van der Waals surface area contributed by atoms with Crippen molar-refractivity contribution in [2.24, 2.45) is 5.10 Å². The summed E-state index contributed by atoms with van der Waals surface area (Å²) in [6.07, 6.45) is 1.94. The van der Waals surface area contributed by atoms with Gasteiger partial charge in [-0.05, 0) is 46.7 Å². The van der Waals surface area contributed by atoms with Crippen LogP contribution in [-0.2, 0) is 16.6 Å². The standard InChI is InChI=1S/C20H22Br2N2O/c1-13-17(21)9-15(10-18(13)22)12-23-24-19(25)11-14-5-7-16(8-6-14)20(2,3)4/h5-10,12H,11H2,1-4H3,(H,24,25)/b23-12-. The lowest BCUT2D eigenvalue weighted by Crippen LogP contribution is -2.20. The number of carbonyl (C=O) groups is 1.